The molecule has 2 N–H and O–H groups in total. The van der Waals surface area contributed by atoms with Crippen molar-refractivity contribution in [2.24, 2.45) is 0 Å². The number of hydrogen-bond acceptors (Lipinski definition) is 2. The van der Waals surface area contributed by atoms with E-state index in [-0.39, 0.29) is 0 Å². The Kier molecular flexibility index (Phi) is 2.18. The number of aryl methyl sites for hydroxylation is 1. The summed E-state index contributed by atoms with van der Waals surface area (Å²) in [6, 6.07) is 8.92. The molecule has 3 rings (SSSR count). The molecule has 2 aromatic rings. The topological polar surface area (TPSA) is 40.7 Å². The first kappa shape index (κ1) is 8.92. The summed E-state index contributed by atoms with van der Waals surface area (Å²) in [6.45, 7) is 1.19. The van der Waals surface area contributed by atoms with Gasteiger partial charge in [0.05, 0.1) is 11.0 Å². The van der Waals surface area contributed by atoms with Gasteiger partial charge < -0.3 is 10.3 Å². The van der Waals surface area contributed by atoms with Crippen molar-refractivity contribution in [3.63, 3.8) is 0 Å². The highest BCUT2D eigenvalue weighted by Crippen LogP contribution is 2.14. The third-order valence-electron chi connectivity index (χ3n) is 3.09. The predicted octanol–water partition coefficient (Wildman–Crippen LogP) is 1.86. The average Bonchev–Trinajstić information content (AvgIpc) is 2.57. The molecule has 1 unspecified atom stereocenters. The lowest BCUT2D eigenvalue weighted by atomic mass is 10.0. The van der Waals surface area contributed by atoms with E-state index in [1.807, 2.05) is 12.1 Å². The number of imidazole rings is 1. The third kappa shape index (κ3) is 1.75. The quantitative estimate of drug-likeness (QED) is 0.795. The molecular weight excluding hydrogens is 186 g/mol. The Bertz CT molecular complexity index is 424. The first-order valence-electron chi connectivity index (χ1n) is 5.59. The predicted molar refractivity (Wildman–Crippen MR) is 60.8 cm³/mol. The molecule has 0 bridgehead atoms. The summed E-state index contributed by atoms with van der Waals surface area (Å²) < 4.78 is 0. The van der Waals surface area contributed by atoms with Gasteiger partial charge in [0.1, 0.15) is 5.82 Å². The van der Waals surface area contributed by atoms with E-state index < -0.39 is 0 Å². The summed E-state index contributed by atoms with van der Waals surface area (Å²) in [5, 5.41) is 3.41. The zero-order valence-electron chi connectivity index (χ0n) is 8.66. The van der Waals surface area contributed by atoms with E-state index in [0.29, 0.717) is 0 Å². The Morgan fingerprint density at radius 1 is 1.33 bits per heavy atom. The highest BCUT2D eigenvalue weighted by atomic mass is 15.0. The minimum Gasteiger partial charge on any atom is -0.342 e. The molecule has 0 spiro atoms. The highest BCUT2D eigenvalue weighted by Gasteiger charge is 2.16. The molecule has 1 aromatic carbocycles. The molecule has 2 heterocycles. The van der Waals surface area contributed by atoms with E-state index >= 15 is 0 Å². The molecule has 0 radical (unpaired) electrons. The van der Waals surface area contributed by atoms with Crippen LogP contribution in [0.1, 0.15) is 18.7 Å². The Balaban J connectivity index is 1.73. The van der Waals surface area contributed by atoms with Crippen molar-refractivity contribution in [3.8, 4) is 0 Å². The molecule has 0 amide bonds. The van der Waals surface area contributed by atoms with Gasteiger partial charge in [-0.2, -0.15) is 0 Å². The maximum atomic E-state index is 4.56. The van der Waals surface area contributed by atoms with Gasteiger partial charge in [0.15, 0.2) is 0 Å². The van der Waals surface area contributed by atoms with Crippen LogP contribution in [0.5, 0.6) is 0 Å². The van der Waals surface area contributed by atoms with Crippen molar-refractivity contribution in [2.45, 2.75) is 25.3 Å². The molecular formula is C12H15N3. The largest absolute Gasteiger partial charge is 0.342 e. The van der Waals surface area contributed by atoms with Crippen LogP contribution in [0.25, 0.3) is 11.0 Å². The number of rotatable bonds is 3. The Morgan fingerprint density at radius 3 is 2.93 bits per heavy atom. The minimum absolute atomic E-state index is 0.721. The van der Waals surface area contributed by atoms with Gasteiger partial charge in [-0.1, -0.05) is 12.1 Å². The lowest BCUT2D eigenvalue weighted by Gasteiger charge is -2.27. The molecule has 1 aromatic heterocycles. The van der Waals surface area contributed by atoms with Crippen LogP contribution in [0.2, 0.25) is 0 Å². The number of nitrogens with one attached hydrogen (secondary N) is 2. The number of aromatic amines is 1. The molecule has 1 saturated heterocycles. The van der Waals surface area contributed by atoms with Crippen molar-refractivity contribution < 1.29 is 0 Å². The van der Waals surface area contributed by atoms with E-state index in [1.54, 1.807) is 0 Å². The van der Waals surface area contributed by atoms with E-state index in [2.05, 4.69) is 27.4 Å². The standard InChI is InChI=1S/C12H15N3/c1-2-4-11-10(3-1)14-12(15-11)6-5-9-7-8-13-9/h1-4,9,13H,5-8H2,(H,14,15). The van der Waals surface area contributed by atoms with Crippen LogP contribution < -0.4 is 5.32 Å². The lowest BCUT2D eigenvalue weighted by Crippen LogP contribution is -2.42. The maximum Gasteiger partial charge on any atom is 0.107 e. The van der Waals surface area contributed by atoms with Gasteiger partial charge in [0.2, 0.25) is 0 Å². The van der Waals surface area contributed by atoms with Crippen LogP contribution in [0.4, 0.5) is 0 Å². The van der Waals surface area contributed by atoms with Crippen LogP contribution in [-0.4, -0.2) is 22.6 Å². The van der Waals surface area contributed by atoms with E-state index in [1.165, 1.54) is 19.4 Å². The summed E-state index contributed by atoms with van der Waals surface area (Å²) in [7, 11) is 0. The van der Waals surface area contributed by atoms with Crippen molar-refractivity contribution in [1.29, 1.82) is 0 Å². The number of fused-ring (bicyclic) bond motifs is 1. The fraction of sp³-hybridized carbons (Fsp3) is 0.417. The number of benzene rings is 1. The van der Waals surface area contributed by atoms with Crippen molar-refractivity contribution in [2.75, 3.05) is 6.54 Å². The first-order valence-corrected chi connectivity index (χ1v) is 5.59. The zero-order valence-corrected chi connectivity index (χ0v) is 8.66. The second kappa shape index (κ2) is 3.66. The van der Waals surface area contributed by atoms with Crippen molar-refractivity contribution in [1.82, 2.24) is 15.3 Å². The lowest BCUT2D eigenvalue weighted by molar-refractivity contribution is 0.349. The molecule has 1 fully saturated rings. The molecule has 3 nitrogen and oxygen atoms in total. The summed E-state index contributed by atoms with van der Waals surface area (Å²) >= 11 is 0. The monoisotopic (exact) mass is 201 g/mol. The van der Waals surface area contributed by atoms with Gasteiger partial charge in [-0.15, -0.1) is 0 Å². The number of para-hydroxylation sites is 2. The van der Waals surface area contributed by atoms with Crippen LogP contribution in [0.15, 0.2) is 24.3 Å². The van der Waals surface area contributed by atoms with Crippen LogP contribution in [0.3, 0.4) is 0 Å². The summed E-state index contributed by atoms with van der Waals surface area (Å²) in [4.78, 5) is 7.92. The van der Waals surface area contributed by atoms with E-state index in [4.69, 9.17) is 0 Å². The Morgan fingerprint density at radius 2 is 2.20 bits per heavy atom. The molecule has 3 heteroatoms. The van der Waals surface area contributed by atoms with Gasteiger partial charge in [-0.3, -0.25) is 0 Å². The Hall–Kier alpha value is -1.35. The zero-order chi connectivity index (χ0) is 10.1. The van der Waals surface area contributed by atoms with Crippen molar-refractivity contribution >= 4 is 11.0 Å². The number of H-pyrrole nitrogens is 1. The highest BCUT2D eigenvalue weighted by molar-refractivity contribution is 5.74. The second-order valence-corrected chi connectivity index (χ2v) is 4.18. The van der Waals surface area contributed by atoms with Gasteiger partial charge in [-0.05, 0) is 31.5 Å². The fourth-order valence-electron chi connectivity index (χ4n) is 2.03. The molecule has 1 atom stereocenters. The van der Waals surface area contributed by atoms with E-state index in [0.717, 1.165) is 29.3 Å². The van der Waals surface area contributed by atoms with Crippen molar-refractivity contribution in [3.05, 3.63) is 30.1 Å². The average molecular weight is 201 g/mol. The molecule has 1 aliphatic heterocycles. The van der Waals surface area contributed by atoms with Gasteiger partial charge >= 0.3 is 0 Å². The fourth-order valence-corrected chi connectivity index (χ4v) is 2.03. The normalized spacial score (nSPS) is 20.4. The van der Waals surface area contributed by atoms with Crippen LogP contribution in [0, 0.1) is 0 Å². The number of hydrogen-bond donors (Lipinski definition) is 2. The SMILES string of the molecule is c1ccc2[nH]c(CCC3CCN3)nc2c1. The van der Waals surface area contributed by atoms with Crippen LogP contribution >= 0.6 is 0 Å². The summed E-state index contributed by atoms with van der Waals surface area (Å²) in [5.41, 5.74) is 2.23. The summed E-state index contributed by atoms with van der Waals surface area (Å²) in [5.74, 6) is 1.12. The minimum atomic E-state index is 0.721. The second-order valence-electron chi connectivity index (χ2n) is 4.18. The molecule has 0 saturated carbocycles. The molecule has 78 valence electrons. The molecule has 1 aliphatic rings. The van der Waals surface area contributed by atoms with Gasteiger partial charge in [-0.25, -0.2) is 4.98 Å². The Labute approximate surface area is 88.9 Å². The number of nitrogens with zero attached hydrogens (tertiary/aromatic N) is 1. The van der Waals surface area contributed by atoms with Crippen LogP contribution in [-0.2, 0) is 6.42 Å². The smallest absolute Gasteiger partial charge is 0.107 e. The van der Waals surface area contributed by atoms with Gasteiger partial charge in [0, 0.05) is 12.5 Å². The maximum absolute atomic E-state index is 4.56. The molecule has 15 heavy (non-hydrogen) atoms. The molecule has 0 aliphatic carbocycles. The third-order valence-corrected chi connectivity index (χ3v) is 3.09. The summed E-state index contributed by atoms with van der Waals surface area (Å²) in [6.07, 6.45) is 3.56. The van der Waals surface area contributed by atoms with Gasteiger partial charge in [0.25, 0.3) is 0 Å². The first-order chi connectivity index (χ1) is 7.42. The van der Waals surface area contributed by atoms with E-state index in [9.17, 15) is 0 Å². The number of aromatic nitrogens is 2.